The number of carbonyl (C=O) groups is 1. The van der Waals surface area contributed by atoms with Crippen LogP contribution in [0.15, 0.2) is 72.8 Å². The van der Waals surface area contributed by atoms with Gasteiger partial charge >= 0.3 is 0 Å². The van der Waals surface area contributed by atoms with E-state index in [2.05, 4.69) is 0 Å². The maximum Gasteiger partial charge on any atom is 0.202 e. The first-order chi connectivity index (χ1) is 12.0. The Labute approximate surface area is 148 Å². The molecule has 0 saturated heterocycles. The molecule has 0 aromatic heterocycles. The summed E-state index contributed by atoms with van der Waals surface area (Å²) in [6, 6.07) is 23.2. The van der Waals surface area contributed by atoms with Crippen molar-refractivity contribution >= 4 is 11.5 Å². The summed E-state index contributed by atoms with van der Waals surface area (Å²) in [4.78, 5) is 12.6. The fourth-order valence-electron chi connectivity index (χ4n) is 2.71. The number of Topliss-reactive ketones (excluding diaryl/α,β-unsaturated/α-hetero) is 1. The lowest BCUT2D eigenvalue weighted by Gasteiger charge is -2.16. The van der Waals surface area contributed by atoms with Crippen LogP contribution in [0.4, 0.5) is 5.69 Å². The van der Waals surface area contributed by atoms with E-state index in [0.717, 1.165) is 16.7 Å². The Morgan fingerprint density at radius 3 is 2.20 bits per heavy atom. The standard InChI is InChI=1S/C22H21NO2/c1-15-8-13-21(20(23)14-15)25-16(2)22(24)19-11-9-18(10-12-19)17-6-4-3-5-7-17/h3-14,16H,23H2,1-2H3. The molecule has 1 unspecified atom stereocenters. The lowest BCUT2D eigenvalue weighted by atomic mass is 10.0. The predicted octanol–water partition coefficient (Wildman–Crippen LogP) is 4.89. The van der Waals surface area contributed by atoms with Gasteiger partial charge in [-0.05, 0) is 42.7 Å². The van der Waals surface area contributed by atoms with Gasteiger partial charge in [-0.2, -0.15) is 0 Å². The zero-order valence-electron chi connectivity index (χ0n) is 14.4. The molecular formula is C22H21NO2. The second-order valence-electron chi connectivity index (χ2n) is 6.11. The summed E-state index contributed by atoms with van der Waals surface area (Å²) in [7, 11) is 0. The van der Waals surface area contributed by atoms with Crippen LogP contribution in [0.5, 0.6) is 5.75 Å². The molecule has 126 valence electrons. The third-order valence-corrected chi connectivity index (χ3v) is 4.11. The third-order valence-electron chi connectivity index (χ3n) is 4.11. The number of rotatable bonds is 5. The zero-order valence-corrected chi connectivity index (χ0v) is 14.4. The number of nitrogen functional groups attached to an aromatic ring is 1. The Morgan fingerprint density at radius 2 is 1.56 bits per heavy atom. The van der Waals surface area contributed by atoms with E-state index in [4.69, 9.17) is 10.5 Å². The largest absolute Gasteiger partial charge is 0.480 e. The van der Waals surface area contributed by atoms with Crippen LogP contribution < -0.4 is 10.5 Å². The molecule has 0 radical (unpaired) electrons. The van der Waals surface area contributed by atoms with E-state index in [-0.39, 0.29) is 5.78 Å². The van der Waals surface area contributed by atoms with E-state index >= 15 is 0 Å². The number of benzene rings is 3. The molecule has 3 aromatic rings. The number of carbonyl (C=O) groups excluding carboxylic acids is 1. The summed E-state index contributed by atoms with van der Waals surface area (Å²) in [6.07, 6.45) is -0.604. The monoisotopic (exact) mass is 331 g/mol. The number of aryl methyl sites for hydroxylation is 1. The van der Waals surface area contributed by atoms with Crippen LogP contribution in [0.1, 0.15) is 22.8 Å². The highest BCUT2D eigenvalue weighted by atomic mass is 16.5. The minimum Gasteiger partial charge on any atom is -0.480 e. The first kappa shape index (κ1) is 16.8. The van der Waals surface area contributed by atoms with E-state index in [9.17, 15) is 4.79 Å². The molecule has 0 heterocycles. The molecule has 3 rings (SSSR count). The van der Waals surface area contributed by atoms with Crippen LogP contribution >= 0.6 is 0 Å². The number of nitrogens with two attached hydrogens (primary N) is 1. The Bertz CT molecular complexity index is 870. The number of ketones is 1. The van der Waals surface area contributed by atoms with E-state index in [1.54, 1.807) is 13.0 Å². The number of anilines is 1. The van der Waals surface area contributed by atoms with Gasteiger partial charge in [0, 0.05) is 5.56 Å². The van der Waals surface area contributed by atoms with Gasteiger partial charge in [0.15, 0.2) is 6.10 Å². The second-order valence-corrected chi connectivity index (χ2v) is 6.11. The molecule has 0 fully saturated rings. The van der Waals surface area contributed by atoms with Crippen molar-refractivity contribution in [3.8, 4) is 16.9 Å². The topological polar surface area (TPSA) is 52.3 Å². The third kappa shape index (κ3) is 3.89. The van der Waals surface area contributed by atoms with Gasteiger partial charge < -0.3 is 10.5 Å². The predicted molar refractivity (Wildman–Crippen MR) is 102 cm³/mol. The SMILES string of the molecule is Cc1ccc(OC(C)C(=O)c2ccc(-c3ccccc3)cc2)c(N)c1. The first-order valence-corrected chi connectivity index (χ1v) is 8.27. The van der Waals surface area contributed by atoms with Gasteiger partial charge in [-0.1, -0.05) is 60.7 Å². The summed E-state index contributed by atoms with van der Waals surface area (Å²) in [5.41, 5.74) is 10.4. The number of ether oxygens (including phenoxy) is 1. The van der Waals surface area contributed by atoms with Crippen molar-refractivity contribution in [2.45, 2.75) is 20.0 Å². The van der Waals surface area contributed by atoms with E-state index < -0.39 is 6.10 Å². The molecular weight excluding hydrogens is 310 g/mol. The Kier molecular flexibility index (Phi) is 4.85. The fourth-order valence-corrected chi connectivity index (χ4v) is 2.71. The van der Waals surface area contributed by atoms with Gasteiger partial charge in [-0.3, -0.25) is 4.79 Å². The fraction of sp³-hybridized carbons (Fsp3) is 0.136. The molecule has 0 aliphatic heterocycles. The Morgan fingerprint density at radius 1 is 0.920 bits per heavy atom. The molecule has 0 aliphatic carbocycles. The Hall–Kier alpha value is -3.07. The van der Waals surface area contributed by atoms with Gasteiger partial charge in [0.05, 0.1) is 5.69 Å². The number of hydrogen-bond acceptors (Lipinski definition) is 3. The van der Waals surface area contributed by atoms with Crippen LogP contribution in [-0.2, 0) is 0 Å². The molecule has 0 aliphatic rings. The highest BCUT2D eigenvalue weighted by Gasteiger charge is 2.18. The van der Waals surface area contributed by atoms with Crippen molar-refractivity contribution < 1.29 is 9.53 Å². The molecule has 0 bridgehead atoms. The van der Waals surface area contributed by atoms with Gasteiger partial charge in [0.25, 0.3) is 0 Å². The van der Waals surface area contributed by atoms with Crippen molar-refractivity contribution in [3.63, 3.8) is 0 Å². The zero-order chi connectivity index (χ0) is 17.8. The molecule has 0 saturated carbocycles. The maximum atomic E-state index is 12.6. The molecule has 0 amide bonds. The van der Waals surface area contributed by atoms with E-state index in [1.807, 2.05) is 73.7 Å². The Balaban J connectivity index is 1.74. The van der Waals surface area contributed by atoms with Gasteiger partial charge in [-0.15, -0.1) is 0 Å². The highest BCUT2D eigenvalue weighted by Crippen LogP contribution is 2.25. The van der Waals surface area contributed by atoms with Gasteiger partial charge in [-0.25, -0.2) is 0 Å². The molecule has 2 N–H and O–H groups in total. The summed E-state index contributed by atoms with van der Waals surface area (Å²) in [6.45, 7) is 3.70. The molecule has 3 heteroatoms. The highest BCUT2D eigenvalue weighted by molar-refractivity contribution is 5.99. The van der Waals surface area contributed by atoms with Crippen molar-refractivity contribution in [1.29, 1.82) is 0 Å². The lowest BCUT2D eigenvalue weighted by Crippen LogP contribution is -2.24. The molecule has 3 aromatic carbocycles. The average Bonchev–Trinajstić information content (AvgIpc) is 2.64. The average molecular weight is 331 g/mol. The van der Waals surface area contributed by atoms with Crippen molar-refractivity contribution in [2.75, 3.05) is 5.73 Å². The summed E-state index contributed by atoms with van der Waals surface area (Å²) < 4.78 is 5.76. The van der Waals surface area contributed by atoms with Crippen LogP contribution in [0.25, 0.3) is 11.1 Å². The van der Waals surface area contributed by atoms with Crippen molar-refractivity contribution in [1.82, 2.24) is 0 Å². The summed E-state index contributed by atoms with van der Waals surface area (Å²) >= 11 is 0. The molecule has 3 nitrogen and oxygen atoms in total. The van der Waals surface area contributed by atoms with Gasteiger partial charge in [0.2, 0.25) is 5.78 Å². The minimum atomic E-state index is -0.604. The van der Waals surface area contributed by atoms with Crippen LogP contribution in [0.3, 0.4) is 0 Å². The van der Waals surface area contributed by atoms with E-state index in [1.165, 1.54) is 0 Å². The van der Waals surface area contributed by atoms with Crippen LogP contribution in [0, 0.1) is 6.92 Å². The smallest absolute Gasteiger partial charge is 0.202 e. The van der Waals surface area contributed by atoms with Crippen LogP contribution in [-0.4, -0.2) is 11.9 Å². The molecule has 25 heavy (non-hydrogen) atoms. The van der Waals surface area contributed by atoms with Crippen molar-refractivity contribution in [3.05, 3.63) is 83.9 Å². The molecule has 0 spiro atoms. The summed E-state index contributed by atoms with van der Waals surface area (Å²) in [5, 5.41) is 0. The molecule has 1 atom stereocenters. The minimum absolute atomic E-state index is 0.0698. The van der Waals surface area contributed by atoms with Gasteiger partial charge in [0.1, 0.15) is 5.75 Å². The maximum absolute atomic E-state index is 12.6. The number of hydrogen-bond donors (Lipinski definition) is 1. The second kappa shape index (κ2) is 7.22. The van der Waals surface area contributed by atoms with Crippen molar-refractivity contribution in [2.24, 2.45) is 0 Å². The first-order valence-electron chi connectivity index (χ1n) is 8.27. The van der Waals surface area contributed by atoms with Crippen LogP contribution in [0.2, 0.25) is 0 Å². The quantitative estimate of drug-likeness (QED) is 0.535. The normalized spacial score (nSPS) is 11.8. The lowest BCUT2D eigenvalue weighted by molar-refractivity contribution is 0.0819. The summed E-state index contributed by atoms with van der Waals surface area (Å²) in [5.74, 6) is 0.465. The van der Waals surface area contributed by atoms with E-state index in [0.29, 0.717) is 17.0 Å².